The van der Waals surface area contributed by atoms with Crippen LogP contribution in [0, 0.1) is 11.6 Å². The third kappa shape index (κ3) is 3.92. The average molecular weight is 402 g/mol. The minimum Gasteiger partial charge on any atom is -0.401 e. The maximum atomic E-state index is 14.1. The van der Waals surface area contributed by atoms with Crippen LogP contribution in [0.2, 0.25) is 0 Å². The summed E-state index contributed by atoms with van der Waals surface area (Å²) in [6, 6.07) is 5.70. The molecule has 0 amide bonds. The number of benzene rings is 1. The maximum absolute atomic E-state index is 14.1. The number of nitrogens with two attached hydrogens (primary N) is 2. The van der Waals surface area contributed by atoms with E-state index in [0.717, 1.165) is 30.5 Å². The molecule has 7 heteroatoms. The van der Waals surface area contributed by atoms with E-state index in [-0.39, 0.29) is 11.3 Å². The fraction of sp³-hybridized carbons (Fsp3) is 0.409. The van der Waals surface area contributed by atoms with E-state index >= 15 is 0 Å². The molecule has 156 valence electrons. The van der Waals surface area contributed by atoms with Crippen molar-refractivity contribution < 1.29 is 13.5 Å². The predicted octanol–water partition coefficient (Wildman–Crippen LogP) is 3.85. The van der Waals surface area contributed by atoms with Crippen molar-refractivity contribution in [3.8, 4) is 0 Å². The Hall–Kier alpha value is -2.67. The molecule has 0 spiro atoms. The Morgan fingerprint density at radius 1 is 1.31 bits per heavy atom. The largest absolute Gasteiger partial charge is 0.401 e. The first-order valence-electron chi connectivity index (χ1n) is 9.86. The zero-order chi connectivity index (χ0) is 21.0. The molecule has 1 heterocycles. The molecular formula is C22H28F2N4O. The number of aromatic nitrogens is 2. The second-order valence-electron chi connectivity index (χ2n) is 7.36. The fourth-order valence-electron chi connectivity index (χ4n) is 4.25. The van der Waals surface area contributed by atoms with Crippen LogP contribution in [0.5, 0.6) is 0 Å². The molecule has 2 aromatic rings. The van der Waals surface area contributed by atoms with Crippen LogP contribution in [0.4, 0.5) is 8.78 Å². The number of halogens is 2. The van der Waals surface area contributed by atoms with Gasteiger partial charge in [-0.1, -0.05) is 13.0 Å². The van der Waals surface area contributed by atoms with Crippen molar-refractivity contribution in [1.82, 2.24) is 9.78 Å². The van der Waals surface area contributed by atoms with Crippen LogP contribution in [0.15, 0.2) is 47.8 Å². The first kappa shape index (κ1) is 21.0. The van der Waals surface area contributed by atoms with Crippen LogP contribution in [-0.2, 0) is 16.7 Å². The lowest BCUT2D eigenvalue weighted by molar-refractivity contribution is 0.180. The number of hydrogen-bond acceptors (Lipinski definition) is 4. The van der Waals surface area contributed by atoms with E-state index < -0.39 is 17.0 Å². The third-order valence-electron chi connectivity index (χ3n) is 5.81. The molecule has 1 aromatic carbocycles. The van der Waals surface area contributed by atoms with Crippen molar-refractivity contribution in [1.29, 1.82) is 0 Å². The molecule has 1 atom stereocenters. The van der Waals surface area contributed by atoms with E-state index in [4.69, 9.17) is 16.2 Å². The van der Waals surface area contributed by atoms with Gasteiger partial charge in [-0.2, -0.15) is 5.10 Å². The van der Waals surface area contributed by atoms with Gasteiger partial charge >= 0.3 is 0 Å². The highest BCUT2D eigenvalue weighted by Gasteiger charge is 2.39. The van der Waals surface area contributed by atoms with E-state index in [2.05, 4.69) is 12.0 Å². The lowest BCUT2D eigenvalue weighted by atomic mass is 9.69. The van der Waals surface area contributed by atoms with Crippen LogP contribution < -0.4 is 11.5 Å². The van der Waals surface area contributed by atoms with Crippen molar-refractivity contribution in [3.63, 3.8) is 0 Å². The summed E-state index contributed by atoms with van der Waals surface area (Å²) in [7, 11) is 1.65. The van der Waals surface area contributed by atoms with Crippen molar-refractivity contribution >= 4 is 5.70 Å². The third-order valence-corrected chi connectivity index (χ3v) is 5.81. The van der Waals surface area contributed by atoms with E-state index in [1.165, 1.54) is 18.2 Å². The first-order chi connectivity index (χ1) is 13.9. The smallest absolute Gasteiger partial charge is 0.135 e. The SMILES string of the molecule is CCC1(c2ccnn2CCOC)CCCC(/C=C(\N)c2c(F)cccc2F)=C1N. The zero-order valence-corrected chi connectivity index (χ0v) is 16.9. The predicted molar refractivity (Wildman–Crippen MR) is 110 cm³/mol. The van der Waals surface area contributed by atoms with Crippen LogP contribution in [0.3, 0.4) is 0 Å². The molecule has 1 aromatic heterocycles. The van der Waals surface area contributed by atoms with Crippen molar-refractivity contribution in [2.75, 3.05) is 13.7 Å². The number of hydrogen-bond donors (Lipinski definition) is 2. The molecule has 5 nitrogen and oxygen atoms in total. The maximum Gasteiger partial charge on any atom is 0.135 e. The van der Waals surface area contributed by atoms with E-state index in [1.54, 1.807) is 19.4 Å². The molecule has 0 saturated heterocycles. The van der Waals surface area contributed by atoms with E-state index in [0.29, 0.717) is 25.3 Å². The highest BCUT2D eigenvalue weighted by molar-refractivity contribution is 5.67. The van der Waals surface area contributed by atoms with E-state index in [1.807, 2.05) is 10.7 Å². The van der Waals surface area contributed by atoms with Gasteiger partial charge in [0.05, 0.1) is 29.8 Å². The number of nitrogens with zero attached hydrogens (tertiary/aromatic N) is 2. The fourth-order valence-corrected chi connectivity index (χ4v) is 4.25. The Bertz CT molecular complexity index is 914. The highest BCUT2D eigenvalue weighted by atomic mass is 19.1. The van der Waals surface area contributed by atoms with Gasteiger partial charge in [0.15, 0.2) is 0 Å². The van der Waals surface area contributed by atoms with Gasteiger partial charge in [0.25, 0.3) is 0 Å². The first-order valence-corrected chi connectivity index (χ1v) is 9.86. The Morgan fingerprint density at radius 2 is 2.03 bits per heavy atom. The van der Waals surface area contributed by atoms with Crippen molar-refractivity contribution in [3.05, 3.63) is 70.7 Å². The van der Waals surface area contributed by atoms with Gasteiger partial charge in [-0.3, -0.25) is 4.68 Å². The Kier molecular flexibility index (Phi) is 6.37. The van der Waals surface area contributed by atoms with Gasteiger partial charge in [-0.05, 0) is 55.5 Å². The lowest BCUT2D eigenvalue weighted by Gasteiger charge is -2.38. The number of ether oxygens (including phenoxy) is 1. The molecule has 29 heavy (non-hydrogen) atoms. The Balaban J connectivity index is 2.06. The summed E-state index contributed by atoms with van der Waals surface area (Å²) < 4.78 is 35.4. The molecule has 1 aliphatic carbocycles. The van der Waals surface area contributed by atoms with Crippen LogP contribution in [-0.4, -0.2) is 23.5 Å². The number of methoxy groups -OCH3 is 1. The molecule has 0 radical (unpaired) electrons. The standard InChI is InChI=1S/C22H28F2N4O/c1-3-22(19-9-11-27-28(19)12-13-29-2)10-5-6-15(21(22)26)14-18(25)20-16(23)7-4-8-17(20)24/h4,7-9,11,14H,3,5-6,10,12-13,25-26H2,1-2H3/b18-14-. The molecular weight excluding hydrogens is 374 g/mol. The lowest BCUT2D eigenvalue weighted by Crippen LogP contribution is -2.38. The molecule has 1 aliphatic rings. The van der Waals surface area contributed by atoms with Gasteiger partial charge in [0.2, 0.25) is 0 Å². The Morgan fingerprint density at radius 3 is 2.69 bits per heavy atom. The molecule has 0 saturated carbocycles. The molecule has 1 unspecified atom stereocenters. The molecule has 3 rings (SSSR count). The van der Waals surface area contributed by atoms with Gasteiger partial charge in [-0.15, -0.1) is 0 Å². The van der Waals surface area contributed by atoms with Gasteiger partial charge in [0, 0.05) is 24.7 Å². The topological polar surface area (TPSA) is 79.1 Å². The summed E-state index contributed by atoms with van der Waals surface area (Å²) in [4.78, 5) is 0. The summed E-state index contributed by atoms with van der Waals surface area (Å²) >= 11 is 0. The van der Waals surface area contributed by atoms with Gasteiger partial charge in [-0.25, -0.2) is 8.78 Å². The average Bonchev–Trinajstić information content (AvgIpc) is 3.17. The molecule has 4 N–H and O–H groups in total. The zero-order valence-electron chi connectivity index (χ0n) is 16.9. The Labute approximate surface area is 170 Å². The van der Waals surface area contributed by atoms with Crippen molar-refractivity contribution in [2.24, 2.45) is 11.5 Å². The van der Waals surface area contributed by atoms with Crippen LogP contribution in [0.25, 0.3) is 5.70 Å². The van der Waals surface area contributed by atoms with Crippen molar-refractivity contribution in [2.45, 2.75) is 44.6 Å². The van der Waals surface area contributed by atoms with Gasteiger partial charge in [0.1, 0.15) is 11.6 Å². The van der Waals surface area contributed by atoms with E-state index in [9.17, 15) is 8.78 Å². The molecule has 0 aliphatic heterocycles. The van der Waals surface area contributed by atoms with Crippen LogP contribution in [0.1, 0.15) is 43.9 Å². The highest BCUT2D eigenvalue weighted by Crippen LogP contribution is 2.44. The monoisotopic (exact) mass is 402 g/mol. The summed E-state index contributed by atoms with van der Waals surface area (Å²) in [5, 5.41) is 4.43. The second-order valence-corrected chi connectivity index (χ2v) is 7.36. The quantitative estimate of drug-likeness (QED) is 0.737. The normalized spacial score (nSPS) is 20.3. The second kappa shape index (κ2) is 8.78. The minimum absolute atomic E-state index is 0.0401. The summed E-state index contributed by atoms with van der Waals surface area (Å²) in [5.41, 5.74) is 14.7. The summed E-state index contributed by atoms with van der Waals surface area (Å²) in [6.07, 6.45) is 6.64. The minimum atomic E-state index is -0.687. The summed E-state index contributed by atoms with van der Waals surface area (Å²) in [5.74, 6) is -1.37. The summed E-state index contributed by atoms with van der Waals surface area (Å²) in [6.45, 7) is 3.26. The molecule has 0 fully saturated rings. The van der Waals surface area contributed by atoms with Crippen LogP contribution >= 0.6 is 0 Å². The number of rotatable bonds is 7. The van der Waals surface area contributed by atoms with Gasteiger partial charge < -0.3 is 16.2 Å². The number of allylic oxidation sites excluding steroid dienone is 3. The molecule has 0 bridgehead atoms.